The molecule has 2 N–H and O–H groups in total. The lowest BCUT2D eigenvalue weighted by atomic mass is 10.1. The average molecular weight is 449 g/mol. The Morgan fingerprint density at radius 2 is 1.70 bits per heavy atom. The van der Waals surface area contributed by atoms with E-state index in [1.807, 2.05) is 6.07 Å². The zero-order valence-electron chi connectivity index (χ0n) is 16.7. The van der Waals surface area contributed by atoms with E-state index in [1.54, 1.807) is 49.4 Å². The van der Waals surface area contributed by atoms with Gasteiger partial charge in [-0.15, -0.1) is 0 Å². The molecule has 0 saturated heterocycles. The number of rotatable bonds is 7. The van der Waals surface area contributed by atoms with Crippen LogP contribution in [0.4, 0.5) is 0 Å². The van der Waals surface area contributed by atoms with E-state index in [1.165, 1.54) is 19.9 Å². The van der Waals surface area contributed by atoms with Crippen LogP contribution in [0.15, 0.2) is 54.2 Å². The number of amides is 2. The standard InChI is InChI=1S/C22H22Cl2N2O4/c1-13(18-10-9-17(23)12-19(18)24)25-21(28)14(2)30-22(29)20(26-15(3)27)11-16-7-5-4-6-8-16/h4-14H,1-3H3,(H,25,28)(H,26,27)/b20-11-/t13-,14-/m1/s1. The van der Waals surface area contributed by atoms with Gasteiger partial charge in [0.25, 0.3) is 5.91 Å². The molecule has 2 rings (SSSR count). The zero-order valence-corrected chi connectivity index (χ0v) is 18.3. The van der Waals surface area contributed by atoms with Gasteiger partial charge in [-0.05, 0) is 43.2 Å². The minimum Gasteiger partial charge on any atom is -0.448 e. The first kappa shape index (κ1) is 23.4. The number of halogens is 2. The maximum Gasteiger partial charge on any atom is 0.355 e. The highest BCUT2D eigenvalue weighted by molar-refractivity contribution is 6.35. The lowest BCUT2D eigenvalue weighted by Crippen LogP contribution is -2.38. The second-order valence-electron chi connectivity index (χ2n) is 6.59. The molecule has 0 aliphatic carbocycles. The molecule has 8 heteroatoms. The molecule has 30 heavy (non-hydrogen) atoms. The predicted molar refractivity (Wildman–Crippen MR) is 117 cm³/mol. The van der Waals surface area contributed by atoms with Crippen LogP contribution in [-0.4, -0.2) is 23.9 Å². The van der Waals surface area contributed by atoms with E-state index >= 15 is 0 Å². The normalized spacial score (nSPS) is 13.2. The smallest absolute Gasteiger partial charge is 0.355 e. The first-order valence-corrected chi connectivity index (χ1v) is 9.93. The molecule has 158 valence electrons. The number of benzene rings is 2. The van der Waals surface area contributed by atoms with Crippen molar-refractivity contribution < 1.29 is 19.1 Å². The van der Waals surface area contributed by atoms with Crippen molar-refractivity contribution in [1.29, 1.82) is 0 Å². The summed E-state index contributed by atoms with van der Waals surface area (Å²) in [4.78, 5) is 36.5. The second-order valence-corrected chi connectivity index (χ2v) is 7.44. The van der Waals surface area contributed by atoms with Crippen LogP contribution < -0.4 is 10.6 Å². The molecule has 0 aliphatic heterocycles. The van der Waals surface area contributed by atoms with Gasteiger partial charge in [-0.3, -0.25) is 9.59 Å². The number of nitrogens with one attached hydrogen (secondary N) is 2. The van der Waals surface area contributed by atoms with Gasteiger partial charge >= 0.3 is 5.97 Å². The highest BCUT2D eigenvalue weighted by Gasteiger charge is 2.23. The summed E-state index contributed by atoms with van der Waals surface area (Å²) in [5, 5.41) is 6.08. The third-order valence-corrected chi connectivity index (χ3v) is 4.64. The Morgan fingerprint density at radius 1 is 1.03 bits per heavy atom. The Hall–Kier alpha value is -2.83. The molecule has 0 aliphatic rings. The van der Waals surface area contributed by atoms with Crippen LogP contribution in [-0.2, 0) is 19.1 Å². The molecule has 0 unspecified atom stereocenters. The van der Waals surface area contributed by atoms with Gasteiger partial charge < -0.3 is 15.4 Å². The summed E-state index contributed by atoms with van der Waals surface area (Å²) in [7, 11) is 0. The Morgan fingerprint density at radius 3 is 2.30 bits per heavy atom. The van der Waals surface area contributed by atoms with Gasteiger partial charge in [0, 0.05) is 17.0 Å². The fourth-order valence-corrected chi connectivity index (χ4v) is 3.16. The van der Waals surface area contributed by atoms with Gasteiger partial charge in [-0.2, -0.15) is 0 Å². The SMILES string of the molecule is CC(=O)N/C(=C\c1ccccc1)C(=O)O[C@H](C)C(=O)N[C@H](C)c1ccc(Cl)cc1Cl. The van der Waals surface area contributed by atoms with Crippen molar-refractivity contribution in [2.75, 3.05) is 0 Å². The molecule has 0 spiro atoms. The van der Waals surface area contributed by atoms with Gasteiger partial charge in [0.15, 0.2) is 6.10 Å². The summed E-state index contributed by atoms with van der Waals surface area (Å²) in [6.07, 6.45) is 0.378. The van der Waals surface area contributed by atoms with Crippen molar-refractivity contribution >= 4 is 47.1 Å². The van der Waals surface area contributed by atoms with E-state index in [9.17, 15) is 14.4 Å². The lowest BCUT2D eigenvalue weighted by Gasteiger charge is -2.20. The Balaban J connectivity index is 2.07. The largest absolute Gasteiger partial charge is 0.448 e. The van der Waals surface area contributed by atoms with Gasteiger partial charge in [0.2, 0.25) is 5.91 Å². The highest BCUT2D eigenvalue weighted by Crippen LogP contribution is 2.26. The lowest BCUT2D eigenvalue weighted by molar-refractivity contribution is -0.152. The molecule has 0 aromatic heterocycles. The van der Waals surface area contributed by atoms with E-state index < -0.39 is 29.9 Å². The van der Waals surface area contributed by atoms with Gasteiger partial charge in [0.05, 0.1) is 6.04 Å². The molecule has 0 bridgehead atoms. The summed E-state index contributed by atoms with van der Waals surface area (Å²) in [6, 6.07) is 13.5. The number of hydrogen-bond donors (Lipinski definition) is 2. The van der Waals surface area contributed by atoms with Crippen LogP contribution in [0, 0.1) is 0 Å². The van der Waals surface area contributed by atoms with Crippen molar-refractivity contribution in [1.82, 2.24) is 10.6 Å². The fourth-order valence-electron chi connectivity index (χ4n) is 2.59. The van der Waals surface area contributed by atoms with E-state index in [-0.39, 0.29) is 5.70 Å². The molecule has 0 radical (unpaired) electrons. The molecule has 2 aromatic carbocycles. The quantitative estimate of drug-likeness (QED) is 0.488. The van der Waals surface area contributed by atoms with Gasteiger partial charge in [-0.1, -0.05) is 59.6 Å². The van der Waals surface area contributed by atoms with Gasteiger partial charge in [-0.25, -0.2) is 4.79 Å². The number of ether oxygens (including phenoxy) is 1. The minimum atomic E-state index is -1.10. The van der Waals surface area contributed by atoms with Crippen LogP contribution in [0.3, 0.4) is 0 Å². The Labute approximate surface area is 185 Å². The fraction of sp³-hybridized carbons (Fsp3) is 0.227. The number of carbonyl (C=O) groups excluding carboxylic acids is 3. The van der Waals surface area contributed by atoms with Crippen LogP contribution >= 0.6 is 23.2 Å². The van der Waals surface area contributed by atoms with E-state index in [0.29, 0.717) is 21.2 Å². The number of hydrogen-bond acceptors (Lipinski definition) is 4. The molecule has 2 atom stereocenters. The summed E-state index contributed by atoms with van der Waals surface area (Å²) < 4.78 is 5.25. The minimum absolute atomic E-state index is 0.0675. The summed E-state index contributed by atoms with van der Waals surface area (Å²) in [6.45, 7) is 4.47. The van der Waals surface area contributed by atoms with Crippen LogP contribution in [0.25, 0.3) is 6.08 Å². The molecular weight excluding hydrogens is 427 g/mol. The zero-order chi connectivity index (χ0) is 22.3. The second kappa shape index (κ2) is 10.8. The van der Waals surface area contributed by atoms with Crippen molar-refractivity contribution in [3.8, 4) is 0 Å². The van der Waals surface area contributed by atoms with Crippen molar-refractivity contribution in [2.45, 2.75) is 32.9 Å². The maximum atomic E-state index is 12.5. The van der Waals surface area contributed by atoms with E-state index in [4.69, 9.17) is 27.9 Å². The number of carbonyl (C=O) groups is 3. The van der Waals surface area contributed by atoms with E-state index in [2.05, 4.69) is 10.6 Å². The molecule has 0 fully saturated rings. The van der Waals surface area contributed by atoms with Crippen LogP contribution in [0.5, 0.6) is 0 Å². The summed E-state index contributed by atoms with van der Waals surface area (Å²) in [5.41, 5.74) is 1.30. The van der Waals surface area contributed by atoms with Gasteiger partial charge in [0.1, 0.15) is 5.70 Å². The average Bonchev–Trinajstić information content (AvgIpc) is 2.67. The Bertz CT molecular complexity index is 961. The molecule has 0 heterocycles. The Kier molecular flexibility index (Phi) is 8.45. The van der Waals surface area contributed by atoms with Crippen LogP contribution in [0.1, 0.15) is 37.9 Å². The number of esters is 1. The topological polar surface area (TPSA) is 84.5 Å². The molecule has 0 saturated carbocycles. The molecule has 2 aromatic rings. The monoisotopic (exact) mass is 448 g/mol. The van der Waals surface area contributed by atoms with E-state index in [0.717, 1.165) is 0 Å². The first-order valence-electron chi connectivity index (χ1n) is 9.18. The molecule has 6 nitrogen and oxygen atoms in total. The third kappa shape index (κ3) is 6.90. The van der Waals surface area contributed by atoms with Crippen molar-refractivity contribution in [3.05, 3.63) is 75.4 Å². The highest BCUT2D eigenvalue weighted by atomic mass is 35.5. The van der Waals surface area contributed by atoms with Crippen molar-refractivity contribution in [2.24, 2.45) is 0 Å². The third-order valence-electron chi connectivity index (χ3n) is 4.08. The summed E-state index contributed by atoms with van der Waals surface area (Å²) >= 11 is 12.1. The summed E-state index contributed by atoms with van der Waals surface area (Å²) in [5.74, 6) is -1.77. The molecule has 2 amide bonds. The predicted octanol–water partition coefficient (Wildman–Crippen LogP) is 4.28. The maximum absolute atomic E-state index is 12.5. The van der Waals surface area contributed by atoms with Crippen molar-refractivity contribution in [3.63, 3.8) is 0 Å². The first-order chi connectivity index (χ1) is 14.2. The van der Waals surface area contributed by atoms with Crippen LogP contribution in [0.2, 0.25) is 10.0 Å². The molecular formula is C22H22Cl2N2O4.